The highest BCUT2D eigenvalue weighted by Crippen LogP contribution is 2.40. The molecule has 1 rings (SSSR count). The van der Waals surface area contributed by atoms with Crippen LogP contribution < -0.4 is 0 Å². The van der Waals surface area contributed by atoms with Crippen LogP contribution >= 0.6 is 0 Å². The van der Waals surface area contributed by atoms with Crippen molar-refractivity contribution in [3.05, 3.63) is 24.3 Å². The van der Waals surface area contributed by atoms with Crippen LogP contribution in [0.2, 0.25) is 0 Å². The minimum atomic E-state index is 0.147. The molecule has 0 heterocycles. The highest BCUT2D eigenvalue weighted by Gasteiger charge is 2.28. The summed E-state index contributed by atoms with van der Waals surface area (Å²) in [5, 5.41) is 8.61. The van der Waals surface area contributed by atoms with Gasteiger partial charge in [-0.3, -0.25) is 0 Å². The van der Waals surface area contributed by atoms with Crippen LogP contribution in [-0.2, 0) is 0 Å². The summed E-state index contributed by atoms with van der Waals surface area (Å²) in [5.41, 5.74) is 0. The Labute approximate surface area is 93.9 Å². The molecule has 0 saturated heterocycles. The maximum absolute atomic E-state index is 8.61. The van der Waals surface area contributed by atoms with Crippen molar-refractivity contribution in [1.29, 1.82) is 0 Å². The molecule has 1 aliphatic carbocycles. The number of rotatable bonds is 8. The molecule has 1 N–H and O–H groups in total. The molecule has 1 atom stereocenters. The molecule has 0 spiro atoms. The topological polar surface area (TPSA) is 20.2 Å². The van der Waals surface area contributed by atoms with E-state index in [1.165, 1.54) is 38.5 Å². The lowest BCUT2D eigenvalue weighted by Crippen LogP contribution is -1.98. The maximum atomic E-state index is 8.61. The Balaban J connectivity index is 2.23. The Morgan fingerprint density at radius 2 is 2.07 bits per heavy atom. The van der Waals surface area contributed by atoms with E-state index < -0.39 is 0 Å². The van der Waals surface area contributed by atoms with E-state index in [2.05, 4.69) is 19.1 Å². The van der Waals surface area contributed by atoms with Gasteiger partial charge in [0.15, 0.2) is 0 Å². The first kappa shape index (κ1) is 12.5. The van der Waals surface area contributed by atoms with Crippen LogP contribution in [0.1, 0.15) is 45.4 Å². The highest BCUT2D eigenvalue weighted by molar-refractivity contribution is 5.06. The van der Waals surface area contributed by atoms with Crippen LogP contribution in [0, 0.1) is 11.8 Å². The third-order valence-electron chi connectivity index (χ3n) is 3.08. The Morgan fingerprint density at radius 1 is 1.27 bits per heavy atom. The second-order valence-electron chi connectivity index (χ2n) is 4.49. The van der Waals surface area contributed by atoms with Gasteiger partial charge in [0.05, 0.1) is 6.61 Å². The molecule has 1 fully saturated rings. The lowest BCUT2D eigenvalue weighted by Gasteiger charge is -2.10. The van der Waals surface area contributed by atoms with Gasteiger partial charge in [-0.05, 0) is 31.1 Å². The van der Waals surface area contributed by atoms with Gasteiger partial charge in [0.2, 0.25) is 0 Å². The summed E-state index contributed by atoms with van der Waals surface area (Å²) in [6.07, 6.45) is 16.4. The van der Waals surface area contributed by atoms with E-state index in [9.17, 15) is 0 Å². The number of aliphatic hydroxyl groups is 1. The molecular formula is C14H24O. The zero-order chi connectivity index (χ0) is 10.9. The molecule has 1 saturated carbocycles. The summed E-state index contributed by atoms with van der Waals surface area (Å²) < 4.78 is 0. The quantitative estimate of drug-likeness (QED) is 0.476. The number of hydrogen-bond acceptors (Lipinski definition) is 1. The molecule has 1 heteroatoms. The summed E-state index contributed by atoms with van der Waals surface area (Å²) in [6.45, 7) is 2.40. The van der Waals surface area contributed by atoms with Crippen molar-refractivity contribution in [3.8, 4) is 0 Å². The predicted octanol–water partition coefficient (Wildman–Crippen LogP) is 3.70. The van der Waals surface area contributed by atoms with Crippen molar-refractivity contribution in [2.24, 2.45) is 11.8 Å². The van der Waals surface area contributed by atoms with Crippen LogP contribution in [-0.4, -0.2) is 11.7 Å². The lowest BCUT2D eigenvalue weighted by molar-refractivity contribution is 0.343. The lowest BCUT2D eigenvalue weighted by atomic mass is 9.96. The third kappa shape index (κ3) is 5.78. The smallest absolute Gasteiger partial charge is 0.0615 e. The van der Waals surface area contributed by atoms with E-state index in [0.717, 1.165) is 11.8 Å². The predicted molar refractivity (Wildman–Crippen MR) is 65.7 cm³/mol. The first-order valence-electron chi connectivity index (χ1n) is 6.32. The number of unbranched alkanes of at least 4 members (excludes halogenated alkanes) is 2. The molecule has 1 aliphatic rings. The largest absolute Gasteiger partial charge is 0.392 e. The monoisotopic (exact) mass is 208 g/mol. The molecule has 0 aromatic rings. The third-order valence-corrected chi connectivity index (χ3v) is 3.08. The van der Waals surface area contributed by atoms with Crippen molar-refractivity contribution in [1.82, 2.24) is 0 Å². The van der Waals surface area contributed by atoms with Crippen LogP contribution in [0.4, 0.5) is 0 Å². The number of allylic oxidation sites excluding steroid dienone is 3. The van der Waals surface area contributed by atoms with E-state index in [4.69, 9.17) is 5.11 Å². The zero-order valence-corrected chi connectivity index (χ0v) is 9.86. The van der Waals surface area contributed by atoms with Gasteiger partial charge in [0, 0.05) is 0 Å². The van der Waals surface area contributed by atoms with Gasteiger partial charge in [0.1, 0.15) is 0 Å². The van der Waals surface area contributed by atoms with E-state index in [-0.39, 0.29) is 6.61 Å². The normalized spacial score (nSPS) is 19.1. The summed E-state index contributed by atoms with van der Waals surface area (Å²) in [6, 6.07) is 0. The first-order valence-corrected chi connectivity index (χ1v) is 6.32. The summed E-state index contributed by atoms with van der Waals surface area (Å²) in [4.78, 5) is 0. The standard InChI is InChI=1S/C14H24O/c1-2-3-5-8-13(14-10-11-14)9-6-4-7-12-15/h4,6-7,9,13-15H,2-3,5,8,10-12H2,1H3/b7-4-,9-6+. The van der Waals surface area contributed by atoms with E-state index in [1.54, 1.807) is 6.08 Å². The van der Waals surface area contributed by atoms with Crippen LogP contribution in [0.15, 0.2) is 24.3 Å². The van der Waals surface area contributed by atoms with Crippen molar-refractivity contribution >= 4 is 0 Å². The average Bonchev–Trinajstić information content (AvgIpc) is 3.05. The fourth-order valence-electron chi connectivity index (χ4n) is 1.99. The SMILES string of the molecule is CCCCCC(/C=C/C=C\CO)C1CC1. The first-order chi connectivity index (χ1) is 7.38. The number of aliphatic hydroxyl groups excluding tert-OH is 1. The van der Waals surface area contributed by atoms with Crippen LogP contribution in [0.3, 0.4) is 0 Å². The van der Waals surface area contributed by atoms with Gasteiger partial charge >= 0.3 is 0 Å². The number of hydrogen-bond donors (Lipinski definition) is 1. The van der Waals surface area contributed by atoms with E-state index in [1.807, 2.05) is 6.08 Å². The molecule has 0 aromatic heterocycles. The zero-order valence-electron chi connectivity index (χ0n) is 9.86. The van der Waals surface area contributed by atoms with Gasteiger partial charge in [-0.25, -0.2) is 0 Å². The second-order valence-corrected chi connectivity index (χ2v) is 4.49. The molecule has 86 valence electrons. The minimum Gasteiger partial charge on any atom is -0.392 e. The molecule has 1 unspecified atom stereocenters. The molecule has 1 nitrogen and oxygen atoms in total. The molecular weight excluding hydrogens is 184 g/mol. The van der Waals surface area contributed by atoms with E-state index >= 15 is 0 Å². The van der Waals surface area contributed by atoms with Gasteiger partial charge < -0.3 is 5.11 Å². The summed E-state index contributed by atoms with van der Waals surface area (Å²) >= 11 is 0. The Morgan fingerprint density at radius 3 is 2.67 bits per heavy atom. The fourth-order valence-corrected chi connectivity index (χ4v) is 1.99. The van der Waals surface area contributed by atoms with Crippen LogP contribution in [0.5, 0.6) is 0 Å². The molecule has 0 amide bonds. The Hall–Kier alpha value is -0.560. The average molecular weight is 208 g/mol. The van der Waals surface area contributed by atoms with Gasteiger partial charge in [-0.1, -0.05) is 50.5 Å². The van der Waals surface area contributed by atoms with Crippen molar-refractivity contribution in [2.75, 3.05) is 6.61 Å². The summed E-state index contributed by atoms with van der Waals surface area (Å²) in [5.74, 6) is 1.75. The van der Waals surface area contributed by atoms with E-state index in [0.29, 0.717) is 0 Å². The summed E-state index contributed by atoms with van der Waals surface area (Å²) in [7, 11) is 0. The molecule has 15 heavy (non-hydrogen) atoms. The molecule has 0 radical (unpaired) electrons. The highest BCUT2D eigenvalue weighted by atomic mass is 16.2. The Bertz CT molecular complexity index is 201. The Kier molecular flexibility index (Phi) is 6.42. The van der Waals surface area contributed by atoms with Gasteiger partial charge in [0.25, 0.3) is 0 Å². The maximum Gasteiger partial charge on any atom is 0.0615 e. The van der Waals surface area contributed by atoms with Crippen molar-refractivity contribution < 1.29 is 5.11 Å². The van der Waals surface area contributed by atoms with Gasteiger partial charge in [-0.2, -0.15) is 0 Å². The van der Waals surface area contributed by atoms with Crippen molar-refractivity contribution in [2.45, 2.75) is 45.4 Å². The minimum absolute atomic E-state index is 0.147. The molecule has 0 bridgehead atoms. The van der Waals surface area contributed by atoms with Crippen molar-refractivity contribution in [3.63, 3.8) is 0 Å². The second kappa shape index (κ2) is 7.70. The van der Waals surface area contributed by atoms with Crippen LogP contribution in [0.25, 0.3) is 0 Å². The van der Waals surface area contributed by atoms with Gasteiger partial charge in [-0.15, -0.1) is 0 Å². The molecule has 0 aliphatic heterocycles. The molecule has 0 aromatic carbocycles. The fraction of sp³-hybridized carbons (Fsp3) is 0.714.